The molecule has 0 aromatic heterocycles. The molecule has 46 valence electrons. The summed E-state index contributed by atoms with van der Waals surface area (Å²) in [4.78, 5) is 9.47. The highest BCUT2D eigenvalue weighted by atomic mass is 16.6. The van der Waals surface area contributed by atoms with Crippen molar-refractivity contribution in [2.45, 2.75) is 0 Å². The SMILES string of the molecule is C1CO1.C=CC(N)=O. The minimum atomic E-state index is -0.481. The van der Waals surface area contributed by atoms with E-state index in [9.17, 15) is 4.79 Å². The number of epoxide rings is 1. The van der Waals surface area contributed by atoms with Crippen molar-refractivity contribution < 1.29 is 9.53 Å². The summed E-state index contributed by atoms with van der Waals surface area (Å²) in [5.41, 5.74) is 4.53. The third kappa shape index (κ3) is 19.1. The predicted octanol–water partition coefficient (Wildman–Crippen LogP) is -0.326. The quantitative estimate of drug-likeness (QED) is 0.376. The smallest absolute Gasteiger partial charge is 0.240 e. The van der Waals surface area contributed by atoms with Crippen molar-refractivity contribution in [3.8, 4) is 0 Å². The molecule has 1 rings (SSSR count). The highest BCUT2D eigenvalue weighted by Gasteiger charge is 1.94. The molecular weight excluding hydrogens is 106 g/mol. The van der Waals surface area contributed by atoms with Gasteiger partial charge in [0.25, 0.3) is 0 Å². The zero-order chi connectivity index (χ0) is 6.41. The summed E-state index contributed by atoms with van der Waals surface area (Å²) in [6.45, 7) is 5.09. The third-order valence-corrected chi connectivity index (χ3v) is 0.405. The number of rotatable bonds is 1. The Hall–Kier alpha value is -0.830. The Labute approximate surface area is 48.1 Å². The van der Waals surface area contributed by atoms with Crippen molar-refractivity contribution in [2.24, 2.45) is 5.73 Å². The molecule has 1 fully saturated rings. The Morgan fingerprint density at radius 3 is 2.00 bits per heavy atom. The average molecular weight is 115 g/mol. The van der Waals surface area contributed by atoms with Crippen LogP contribution in [0.4, 0.5) is 0 Å². The van der Waals surface area contributed by atoms with Gasteiger partial charge in [-0.1, -0.05) is 6.58 Å². The minimum Gasteiger partial charge on any atom is -0.377 e. The molecule has 3 nitrogen and oxygen atoms in total. The second-order valence-corrected chi connectivity index (χ2v) is 1.22. The van der Waals surface area contributed by atoms with Crippen LogP contribution in [0.1, 0.15) is 0 Å². The van der Waals surface area contributed by atoms with E-state index in [1.165, 1.54) is 0 Å². The number of carbonyl (C=O) groups is 1. The Kier molecular flexibility index (Phi) is 3.88. The van der Waals surface area contributed by atoms with Gasteiger partial charge in [-0.3, -0.25) is 4.79 Å². The fourth-order valence-corrected chi connectivity index (χ4v) is 0. The molecule has 1 aliphatic rings. The molecule has 0 radical (unpaired) electrons. The van der Waals surface area contributed by atoms with Crippen LogP contribution in [0.3, 0.4) is 0 Å². The van der Waals surface area contributed by atoms with Crippen LogP contribution in [-0.2, 0) is 9.53 Å². The second kappa shape index (κ2) is 4.33. The van der Waals surface area contributed by atoms with E-state index in [0.717, 1.165) is 19.3 Å². The van der Waals surface area contributed by atoms with Crippen LogP contribution in [0, 0.1) is 0 Å². The Balaban J connectivity index is 0.000000135. The lowest BCUT2D eigenvalue weighted by molar-refractivity contribution is -0.113. The van der Waals surface area contributed by atoms with Crippen LogP contribution in [0.15, 0.2) is 12.7 Å². The van der Waals surface area contributed by atoms with E-state index in [-0.39, 0.29) is 0 Å². The largest absolute Gasteiger partial charge is 0.377 e. The predicted molar refractivity (Wildman–Crippen MR) is 30.2 cm³/mol. The summed E-state index contributed by atoms with van der Waals surface area (Å²) < 4.78 is 4.50. The lowest BCUT2D eigenvalue weighted by Gasteiger charge is -1.65. The van der Waals surface area contributed by atoms with Gasteiger partial charge in [0.15, 0.2) is 0 Å². The third-order valence-electron chi connectivity index (χ3n) is 0.405. The van der Waals surface area contributed by atoms with Crippen LogP contribution in [0.2, 0.25) is 0 Å². The normalized spacial score (nSPS) is 13.0. The molecule has 1 heterocycles. The number of ether oxygens (including phenoxy) is 1. The fraction of sp³-hybridized carbons (Fsp3) is 0.400. The summed E-state index contributed by atoms with van der Waals surface area (Å²) >= 11 is 0. The van der Waals surface area contributed by atoms with E-state index < -0.39 is 5.91 Å². The maximum atomic E-state index is 9.47. The molecule has 0 bridgehead atoms. The van der Waals surface area contributed by atoms with Gasteiger partial charge in [-0.15, -0.1) is 0 Å². The summed E-state index contributed by atoms with van der Waals surface area (Å²) in [7, 11) is 0. The first-order chi connectivity index (χ1) is 3.77. The van der Waals surface area contributed by atoms with Crippen LogP contribution < -0.4 is 5.73 Å². The molecule has 1 amide bonds. The van der Waals surface area contributed by atoms with E-state index in [4.69, 9.17) is 0 Å². The maximum Gasteiger partial charge on any atom is 0.240 e. The molecule has 0 spiro atoms. The highest BCUT2D eigenvalue weighted by molar-refractivity contribution is 5.84. The number of carbonyl (C=O) groups excluding carboxylic acids is 1. The Morgan fingerprint density at radius 1 is 1.75 bits per heavy atom. The topological polar surface area (TPSA) is 55.6 Å². The molecule has 0 saturated carbocycles. The molecule has 0 aromatic rings. The van der Waals surface area contributed by atoms with E-state index in [1.807, 2.05) is 0 Å². The van der Waals surface area contributed by atoms with Gasteiger partial charge in [0.05, 0.1) is 13.2 Å². The van der Waals surface area contributed by atoms with Gasteiger partial charge in [0.2, 0.25) is 5.91 Å². The summed E-state index contributed by atoms with van der Waals surface area (Å²) in [5, 5.41) is 0. The molecule has 0 aliphatic carbocycles. The van der Waals surface area contributed by atoms with E-state index >= 15 is 0 Å². The monoisotopic (exact) mass is 115 g/mol. The first-order valence-corrected chi connectivity index (χ1v) is 2.27. The number of hydrogen-bond donors (Lipinski definition) is 1. The van der Waals surface area contributed by atoms with Gasteiger partial charge in [0.1, 0.15) is 0 Å². The van der Waals surface area contributed by atoms with Crippen molar-refractivity contribution in [2.75, 3.05) is 13.2 Å². The number of nitrogens with two attached hydrogens (primary N) is 1. The lowest BCUT2D eigenvalue weighted by atomic mass is 10.6. The number of amides is 1. The van der Waals surface area contributed by atoms with Crippen LogP contribution in [0.5, 0.6) is 0 Å². The molecule has 2 N–H and O–H groups in total. The Bertz CT molecular complexity index is 85.7. The average Bonchev–Trinajstić information content (AvgIpc) is 2.48. The summed E-state index contributed by atoms with van der Waals surface area (Å²) in [5.74, 6) is -0.481. The van der Waals surface area contributed by atoms with E-state index in [2.05, 4.69) is 17.0 Å². The van der Waals surface area contributed by atoms with Crippen molar-refractivity contribution in [3.63, 3.8) is 0 Å². The molecular formula is C5H9NO2. The van der Waals surface area contributed by atoms with E-state index in [1.54, 1.807) is 0 Å². The number of hydrogen-bond acceptors (Lipinski definition) is 2. The van der Waals surface area contributed by atoms with E-state index in [0.29, 0.717) is 0 Å². The standard InChI is InChI=1S/C3H5NO.C2H4O/c1-2-3(4)5;1-2-3-1/h2H,1H2,(H2,4,5);1-2H2. The Morgan fingerprint density at radius 2 is 2.00 bits per heavy atom. The van der Waals surface area contributed by atoms with Gasteiger partial charge in [-0.2, -0.15) is 0 Å². The lowest BCUT2D eigenvalue weighted by Crippen LogP contribution is -2.04. The molecule has 0 aromatic carbocycles. The van der Waals surface area contributed by atoms with Crippen LogP contribution in [-0.4, -0.2) is 19.1 Å². The second-order valence-electron chi connectivity index (χ2n) is 1.22. The van der Waals surface area contributed by atoms with Crippen LogP contribution >= 0.6 is 0 Å². The van der Waals surface area contributed by atoms with Gasteiger partial charge in [-0.05, 0) is 6.08 Å². The van der Waals surface area contributed by atoms with Crippen molar-refractivity contribution in [3.05, 3.63) is 12.7 Å². The summed E-state index contributed by atoms with van der Waals surface area (Å²) in [6, 6.07) is 0. The molecule has 3 heteroatoms. The van der Waals surface area contributed by atoms with Gasteiger partial charge in [-0.25, -0.2) is 0 Å². The highest BCUT2D eigenvalue weighted by Crippen LogP contribution is 1.84. The zero-order valence-corrected chi connectivity index (χ0v) is 4.59. The maximum absolute atomic E-state index is 9.47. The van der Waals surface area contributed by atoms with Crippen molar-refractivity contribution >= 4 is 5.91 Å². The van der Waals surface area contributed by atoms with Gasteiger partial charge < -0.3 is 10.5 Å². The van der Waals surface area contributed by atoms with Crippen LogP contribution in [0.25, 0.3) is 0 Å². The molecule has 8 heavy (non-hydrogen) atoms. The molecule has 0 unspecified atom stereocenters. The molecule has 1 aliphatic heterocycles. The summed E-state index contributed by atoms with van der Waals surface area (Å²) in [6.07, 6.45) is 1.06. The van der Waals surface area contributed by atoms with Gasteiger partial charge in [0, 0.05) is 0 Å². The molecule has 0 atom stereocenters. The molecule has 1 saturated heterocycles. The van der Waals surface area contributed by atoms with Crippen molar-refractivity contribution in [1.29, 1.82) is 0 Å². The van der Waals surface area contributed by atoms with Gasteiger partial charge >= 0.3 is 0 Å². The first-order valence-electron chi connectivity index (χ1n) is 2.27. The zero-order valence-electron chi connectivity index (χ0n) is 4.59. The fourth-order valence-electron chi connectivity index (χ4n) is 0. The first kappa shape index (κ1) is 7.17. The number of primary amides is 1. The van der Waals surface area contributed by atoms with Crippen molar-refractivity contribution in [1.82, 2.24) is 0 Å². The minimum absolute atomic E-state index is 0.481.